The molecule has 0 spiro atoms. The SMILES string of the molecule is C=C(CNc1cc(Cl)c(N2CCN(CC)CC2C)cc1C)CC(C)(C)C. The molecule has 26 heavy (non-hydrogen) atoms. The Labute approximate surface area is 165 Å². The molecule has 1 unspecified atom stereocenters. The molecule has 1 aromatic rings. The van der Waals surface area contributed by atoms with Gasteiger partial charge in [0.25, 0.3) is 0 Å². The second-order valence-corrected chi connectivity index (χ2v) is 9.30. The summed E-state index contributed by atoms with van der Waals surface area (Å²) < 4.78 is 0. The van der Waals surface area contributed by atoms with E-state index < -0.39 is 0 Å². The summed E-state index contributed by atoms with van der Waals surface area (Å²) in [7, 11) is 0. The quantitative estimate of drug-likeness (QED) is 0.652. The second kappa shape index (κ2) is 8.67. The summed E-state index contributed by atoms with van der Waals surface area (Å²) in [6, 6.07) is 4.79. The van der Waals surface area contributed by atoms with Crippen molar-refractivity contribution in [3.63, 3.8) is 0 Å². The Morgan fingerprint density at radius 3 is 2.58 bits per heavy atom. The highest BCUT2D eigenvalue weighted by Gasteiger charge is 2.25. The highest BCUT2D eigenvalue weighted by molar-refractivity contribution is 6.33. The molecule has 0 saturated carbocycles. The lowest BCUT2D eigenvalue weighted by Crippen LogP contribution is -2.52. The van der Waals surface area contributed by atoms with Gasteiger partial charge < -0.3 is 10.2 Å². The maximum Gasteiger partial charge on any atom is 0.0660 e. The first-order chi connectivity index (χ1) is 12.1. The van der Waals surface area contributed by atoms with Crippen LogP contribution in [0.4, 0.5) is 11.4 Å². The summed E-state index contributed by atoms with van der Waals surface area (Å²) in [5, 5.41) is 4.35. The molecule has 4 heteroatoms. The summed E-state index contributed by atoms with van der Waals surface area (Å²) in [5.41, 5.74) is 4.99. The molecule has 1 saturated heterocycles. The predicted octanol–water partition coefficient (Wildman–Crippen LogP) is 5.58. The van der Waals surface area contributed by atoms with Gasteiger partial charge in [-0.1, -0.05) is 51.4 Å². The molecule has 1 N–H and O–H groups in total. The molecule has 146 valence electrons. The van der Waals surface area contributed by atoms with Gasteiger partial charge in [0.2, 0.25) is 0 Å². The molecule has 1 aliphatic heterocycles. The molecule has 1 aliphatic rings. The average molecular weight is 378 g/mol. The first-order valence-corrected chi connectivity index (χ1v) is 10.2. The second-order valence-electron chi connectivity index (χ2n) is 8.90. The van der Waals surface area contributed by atoms with E-state index in [0.717, 1.165) is 55.5 Å². The van der Waals surface area contributed by atoms with E-state index in [-0.39, 0.29) is 5.41 Å². The van der Waals surface area contributed by atoms with Gasteiger partial charge in [0.1, 0.15) is 0 Å². The lowest BCUT2D eigenvalue weighted by molar-refractivity contribution is 0.240. The van der Waals surface area contributed by atoms with Gasteiger partial charge in [0.15, 0.2) is 0 Å². The van der Waals surface area contributed by atoms with Gasteiger partial charge in [-0.3, -0.25) is 4.90 Å². The number of rotatable bonds is 6. The smallest absolute Gasteiger partial charge is 0.0660 e. The minimum absolute atomic E-state index is 0.270. The Balaban J connectivity index is 2.07. The van der Waals surface area contributed by atoms with Crippen LogP contribution in [0.5, 0.6) is 0 Å². The van der Waals surface area contributed by atoms with Crippen molar-refractivity contribution in [2.45, 2.75) is 54.0 Å². The molecule has 0 aliphatic carbocycles. The largest absolute Gasteiger partial charge is 0.381 e. The van der Waals surface area contributed by atoms with Crippen LogP contribution in [0.3, 0.4) is 0 Å². The van der Waals surface area contributed by atoms with Gasteiger partial charge in [-0.05, 0) is 49.9 Å². The van der Waals surface area contributed by atoms with Gasteiger partial charge in [0.05, 0.1) is 10.7 Å². The van der Waals surface area contributed by atoms with Crippen LogP contribution in [0.2, 0.25) is 5.02 Å². The van der Waals surface area contributed by atoms with Crippen molar-refractivity contribution in [1.29, 1.82) is 0 Å². The number of halogens is 1. The van der Waals surface area contributed by atoms with Crippen molar-refractivity contribution in [2.24, 2.45) is 5.41 Å². The third-order valence-electron chi connectivity index (χ3n) is 5.07. The van der Waals surface area contributed by atoms with E-state index in [1.165, 1.54) is 11.1 Å². The van der Waals surface area contributed by atoms with Gasteiger partial charge in [-0.15, -0.1) is 0 Å². The molecular weight excluding hydrogens is 342 g/mol. The van der Waals surface area contributed by atoms with Gasteiger partial charge in [-0.25, -0.2) is 0 Å². The van der Waals surface area contributed by atoms with Crippen LogP contribution in [0.25, 0.3) is 0 Å². The number of hydrogen-bond acceptors (Lipinski definition) is 3. The van der Waals surface area contributed by atoms with Gasteiger partial charge in [-0.2, -0.15) is 0 Å². The summed E-state index contributed by atoms with van der Waals surface area (Å²) in [6.07, 6.45) is 1.02. The Morgan fingerprint density at radius 1 is 1.31 bits per heavy atom. The Bertz CT molecular complexity index is 633. The molecule has 1 heterocycles. The molecular formula is C22H36ClN3. The molecule has 0 amide bonds. The number of benzene rings is 1. The van der Waals surface area contributed by atoms with Crippen LogP contribution < -0.4 is 10.2 Å². The number of anilines is 2. The minimum atomic E-state index is 0.270. The number of nitrogens with one attached hydrogen (secondary N) is 1. The summed E-state index contributed by atoms with van der Waals surface area (Å²) in [4.78, 5) is 4.95. The van der Waals surface area contributed by atoms with Crippen molar-refractivity contribution >= 4 is 23.0 Å². The van der Waals surface area contributed by atoms with E-state index in [1.54, 1.807) is 0 Å². The van der Waals surface area contributed by atoms with Gasteiger partial charge >= 0.3 is 0 Å². The van der Waals surface area contributed by atoms with E-state index in [2.05, 4.69) is 75.4 Å². The van der Waals surface area contributed by atoms with E-state index in [4.69, 9.17) is 11.6 Å². The summed E-state index contributed by atoms with van der Waals surface area (Å²) in [6.45, 7) is 22.8. The molecule has 2 rings (SSSR count). The van der Waals surface area contributed by atoms with Crippen molar-refractivity contribution in [3.05, 3.63) is 34.9 Å². The normalized spacial score (nSPS) is 18.9. The molecule has 1 aromatic carbocycles. The van der Waals surface area contributed by atoms with Crippen LogP contribution in [0.1, 0.15) is 46.6 Å². The first-order valence-electron chi connectivity index (χ1n) is 9.80. The number of aryl methyl sites for hydroxylation is 1. The van der Waals surface area contributed by atoms with Crippen LogP contribution in [0, 0.1) is 12.3 Å². The molecule has 0 radical (unpaired) electrons. The minimum Gasteiger partial charge on any atom is -0.381 e. The van der Waals surface area contributed by atoms with E-state index in [1.807, 2.05) is 0 Å². The van der Waals surface area contributed by atoms with Crippen molar-refractivity contribution in [2.75, 3.05) is 42.9 Å². The van der Waals surface area contributed by atoms with Crippen LogP contribution in [-0.2, 0) is 0 Å². The first kappa shape index (κ1) is 21.1. The molecule has 0 aromatic heterocycles. The van der Waals surface area contributed by atoms with E-state index >= 15 is 0 Å². The average Bonchev–Trinajstić information content (AvgIpc) is 2.54. The fourth-order valence-corrected chi connectivity index (χ4v) is 4.06. The van der Waals surface area contributed by atoms with Crippen molar-refractivity contribution in [3.8, 4) is 0 Å². The van der Waals surface area contributed by atoms with Crippen LogP contribution in [-0.4, -0.2) is 43.7 Å². The predicted molar refractivity (Wildman–Crippen MR) is 117 cm³/mol. The van der Waals surface area contributed by atoms with Gasteiger partial charge in [0, 0.05) is 37.9 Å². The topological polar surface area (TPSA) is 18.5 Å². The highest BCUT2D eigenvalue weighted by atomic mass is 35.5. The summed E-state index contributed by atoms with van der Waals surface area (Å²) >= 11 is 6.67. The van der Waals surface area contributed by atoms with Crippen molar-refractivity contribution in [1.82, 2.24) is 4.90 Å². The molecule has 0 bridgehead atoms. The fourth-order valence-electron chi connectivity index (χ4n) is 3.79. The zero-order chi connectivity index (χ0) is 19.5. The van der Waals surface area contributed by atoms with E-state index in [9.17, 15) is 0 Å². The molecule has 1 atom stereocenters. The maximum absolute atomic E-state index is 6.67. The monoisotopic (exact) mass is 377 g/mol. The third-order valence-corrected chi connectivity index (χ3v) is 5.37. The van der Waals surface area contributed by atoms with Crippen molar-refractivity contribution < 1.29 is 0 Å². The fraction of sp³-hybridized carbons (Fsp3) is 0.636. The van der Waals surface area contributed by atoms with E-state index in [0.29, 0.717) is 6.04 Å². The Morgan fingerprint density at radius 2 is 2.00 bits per heavy atom. The van der Waals surface area contributed by atoms with Crippen LogP contribution in [0.15, 0.2) is 24.3 Å². The third kappa shape index (κ3) is 5.65. The highest BCUT2D eigenvalue weighted by Crippen LogP contribution is 2.34. The standard InChI is InChI=1S/C22H36ClN3/c1-8-25-9-10-26(18(4)15-25)21-11-17(3)20(12-19(21)23)24-14-16(2)13-22(5,6)7/h11-12,18,24H,2,8-10,13-15H2,1,3-7H3. The number of piperazine rings is 1. The Kier molecular flexibility index (Phi) is 7.04. The van der Waals surface area contributed by atoms with Crippen LogP contribution >= 0.6 is 11.6 Å². The lowest BCUT2D eigenvalue weighted by atomic mass is 9.88. The number of hydrogen-bond donors (Lipinski definition) is 1. The lowest BCUT2D eigenvalue weighted by Gasteiger charge is -2.41. The number of likely N-dealkylation sites (N-methyl/N-ethyl adjacent to an activating group) is 1. The zero-order valence-electron chi connectivity index (χ0n) is 17.5. The summed E-state index contributed by atoms with van der Waals surface area (Å²) in [5.74, 6) is 0. The molecule has 1 fully saturated rings. The molecule has 3 nitrogen and oxygen atoms in total. The number of nitrogens with zero attached hydrogens (tertiary/aromatic N) is 2. The maximum atomic E-state index is 6.67. The Hall–Kier alpha value is -1.19. The zero-order valence-corrected chi connectivity index (χ0v) is 18.2.